The Morgan fingerprint density at radius 3 is 2.67 bits per heavy atom. The van der Waals surface area contributed by atoms with Crippen LogP contribution in [0.2, 0.25) is 0 Å². The highest BCUT2D eigenvalue weighted by Gasteiger charge is 2.12. The molecule has 1 aliphatic heterocycles. The van der Waals surface area contributed by atoms with E-state index in [1.165, 1.54) is 13.2 Å². The average Bonchev–Trinajstić information content (AvgIpc) is 2.89. The highest BCUT2D eigenvalue weighted by molar-refractivity contribution is 5.92. The predicted molar refractivity (Wildman–Crippen MR) is 136 cm³/mol. The van der Waals surface area contributed by atoms with Gasteiger partial charge in [-0.15, -0.1) is 0 Å². The van der Waals surface area contributed by atoms with Crippen LogP contribution in [0.1, 0.15) is 17.5 Å². The Hall–Kier alpha value is -3.89. The molecule has 0 aliphatic carbocycles. The molecule has 0 unspecified atom stereocenters. The number of anilines is 1. The molecule has 0 bridgehead atoms. The van der Waals surface area contributed by atoms with Crippen LogP contribution < -0.4 is 25.8 Å². The van der Waals surface area contributed by atoms with Gasteiger partial charge in [-0.05, 0) is 41.5 Å². The average molecular weight is 497 g/mol. The van der Waals surface area contributed by atoms with E-state index in [0.29, 0.717) is 49.9 Å². The van der Waals surface area contributed by atoms with E-state index in [-0.39, 0.29) is 18.4 Å². The largest absolute Gasteiger partial charge is 0.493 e. The molecule has 1 fully saturated rings. The van der Waals surface area contributed by atoms with Crippen LogP contribution in [0.15, 0.2) is 48.5 Å². The van der Waals surface area contributed by atoms with Crippen LogP contribution in [0.3, 0.4) is 0 Å². The second-order valence-corrected chi connectivity index (χ2v) is 8.17. The van der Waals surface area contributed by atoms with E-state index in [2.05, 4.69) is 15.5 Å². The Balaban J connectivity index is 1.46. The van der Waals surface area contributed by atoms with Gasteiger partial charge in [0.1, 0.15) is 0 Å². The first-order valence-corrected chi connectivity index (χ1v) is 11.7. The minimum atomic E-state index is -0.589. The minimum Gasteiger partial charge on any atom is -0.493 e. The number of hydrogen-bond donors (Lipinski definition) is 3. The van der Waals surface area contributed by atoms with Gasteiger partial charge < -0.3 is 30.6 Å². The molecular formula is C26H32N4O6. The topological polar surface area (TPSA) is 132 Å². The molecule has 1 saturated heterocycles. The molecule has 0 radical (unpaired) electrons. The van der Waals surface area contributed by atoms with E-state index in [0.717, 1.165) is 24.2 Å². The van der Waals surface area contributed by atoms with Gasteiger partial charge in [0.05, 0.1) is 20.3 Å². The molecule has 2 aromatic carbocycles. The second-order valence-electron chi connectivity index (χ2n) is 8.17. The summed E-state index contributed by atoms with van der Waals surface area (Å²) in [5.41, 5.74) is 7.37. The highest BCUT2D eigenvalue weighted by atomic mass is 16.5. The van der Waals surface area contributed by atoms with Crippen molar-refractivity contribution >= 4 is 29.5 Å². The predicted octanol–water partition coefficient (Wildman–Crippen LogP) is 1.55. The van der Waals surface area contributed by atoms with Crippen molar-refractivity contribution < 1.29 is 28.6 Å². The third kappa shape index (κ3) is 9.05. The number of ether oxygens (including phenoxy) is 3. The molecule has 1 aliphatic rings. The standard InChI is InChI=1S/C26H32N4O6/c1-34-23-16-19(5-7-22(23)36-18-24(27)31)6-8-25(32)28-17-20-3-2-4-21(15-20)29-26(33)9-10-30-11-13-35-14-12-30/h2-8,15-16H,9-14,17-18H2,1H3,(H2,27,31)(H,28,32)(H,29,33)/b8-6+. The zero-order valence-electron chi connectivity index (χ0n) is 20.3. The van der Waals surface area contributed by atoms with Crippen molar-refractivity contribution in [2.24, 2.45) is 5.73 Å². The monoisotopic (exact) mass is 496 g/mol. The fourth-order valence-corrected chi connectivity index (χ4v) is 3.54. The van der Waals surface area contributed by atoms with Crippen LogP contribution in [0.4, 0.5) is 5.69 Å². The smallest absolute Gasteiger partial charge is 0.255 e. The van der Waals surface area contributed by atoms with Crippen molar-refractivity contribution in [2.75, 3.05) is 51.9 Å². The first-order valence-electron chi connectivity index (χ1n) is 11.7. The van der Waals surface area contributed by atoms with Crippen molar-refractivity contribution in [3.05, 3.63) is 59.7 Å². The molecule has 0 saturated carbocycles. The molecule has 3 amide bonds. The lowest BCUT2D eigenvalue weighted by Gasteiger charge is -2.26. The van der Waals surface area contributed by atoms with Gasteiger partial charge in [0, 0.05) is 44.4 Å². The van der Waals surface area contributed by atoms with Gasteiger partial charge in [0.15, 0.2) is 18.1 Å². The van der Waals surface area contributed by atoms with Gasteiger partial charge in [-0.2, -0.15) is 0 Å². The van der Waals surface area contributed by atoms with Crippen molar-refractivity contribution in [1.82, 2.24) is 10.2 Å². The first kappa shape index (κ1) is 26.7. The SMILES string of the molecule is COc1cc(/C=C/C(=O)NCc2cccc(NC(=O)CCN3CCOCC3)c2)ccc1OCC(N)=O. The van der Waals surface area contributed by atoms with Crippen molar-refractivity contribution in [1.29, 1.82) is 0 Å². The van der Waals surface area contributed by atoms with Crippen molar-refractivity contribution in [3.63, 3.8) is 0 Å². The third-order valence-electron chi connectivity index (χ3n) is 5.42. The van der Waals surface area contributed by atoms with E-state index in [9.17, 15) is 14.4 Å². The number of primary amides is 1. The number of nitrogens with zero attached hydrogens (tertiary/aromatic N) is 1. The Bertz CT molecular complexity index is 1080. The number of benzene rings is 2. The summed E-state index contributed by atoms with van der Waals surface area (Å²) >= 11 is 0. The van der Waals surface area contributed by atoms with Gasteiger partial charge in [-0.3, -0.25) is 19.3 Å². The van der Waals surface area contributed by atoms with Crippen LogP contribution in [0, 0.1) is 0 Å². The molecule has 0 spiro atoms. The zero-order valence-corrected chi connectivity index (χ0v) is 20.3. The summed E-state index contributed by atoms with van der Waals surface area (Å²) in [5.74, 6) is -0.113. The molecule has 2 aromatic rings. The van der Waals surface area contributed by atoms with Gasteiger partial charge >= 0.3 is 0 Å². The number of methoxy groups -OCH3 is 1. The number of carbonyl (C=O) groups excluding carboxylic acids is 3. The van der Waals surface area contributed by atoms with Gasteiger partial charge in [-0.25, -0.2) is 0 Å². The molecule has 0 atom stereocenters. The minimum absolute atomic E-state index is 0.0490. The van der Waals surface area contributed by atoms with E-state index in [1.54, 1.807) is 24.3 Å². The summed E-state index contributed by atoms with van der Waals surface area (Å²) < 4.78 is 15.9. The number of amides is 3. The Morgan fingerprint density at radius 1 is 1.11 bits per heavy atom. The Labute approximate surface area is 210 Å². The van der Waals surface area contributed by atoms with Crippen molar-refractivity contribution in [2.45, 2.75) is 13.0 Å². The number of nitrogens with two attached hydrogens (primary N) is 1. The fourth-order valence-electron chi connectivity index (χ4n) is 3.54. The first-order chi connectivity index (χ1) is 17.4. The summed E-state index contributed by atoms with van der Waals surface area (Å²) in [6, 6.07) is 12.4. The van der Waals surface area contributed by atoms with Crippen LogP contribution >= 0.6 is 0 Å². The number of rotatable bonds is 12. The Kier molecular flexibility index (Phi) is 10.3. The van der Waals surface area contributed by atoms with E-state index in [4.69, 9.17) is 19.9 Å². The summed E-state index contributed by atoms with van der Waals surface area (Å²) in [7, 11) is 1.48. The lowest BCUT2D eigenvalue weighted by Crippen LogP contribution is -2.38. The van der Waals surface area contributed by atoms with Crippen LogP contribution in [-0.2, 0) is 25.7 Å². The highest BCUT2D eigenvalue weighted by Crippen LogP contribution is 2.28. The molecule has 10 heteroatoms. The van der Waals surface area contributed by atoms with Gasteiger partial charge in [-0.1, -0.05) is 18.2 Å². The number of morpholine rings is 1. The van der Waals surface area contributed by atoms with Crippen LogP contribution in [0.5, 0.6) is 11.5 Å². The number of nitrogens with one attached hydrogen (secondary N) is 2. The lowest BCUT2D eigenvalue weighted by atomic mass is 10.1. The lowest BCUT2D eigenvalue weighted by molar-refractivity contribution is -0.120. The van der Waals surface area contributed by atoms with Gasteiger partial charge in [0.25, 0.3) is 5.91 Å². The molecule has 10 nitrogen and oxygen atoms in total. The van der Waals surface area contributed by atoms with Crippen LogP contribution in [-0.4, -0.2) is 69.2 Å². The molecule has 4 N–H and O–H groups in total. The normalized spacial score (nSPS) is 13.8. The summed E-state index contributed by atoms with van der Waals surface area (Å²) in [6.07, 6.45) is 3.46. The number of hydrogen-bond acceptors (Lipinski definition) is 7. The molecular weight excluding hydrogens is 464 g/mol. The Morgan fingerprint density at radius 2 is 1.92 bits per heavy atom. The summed E-state index contributed by atoms with van der Waals surface area (Å²) in [6.45, 7) is 3.86. The quantitative estimate of drug-likeness (QED) is 0.380. The zero-order chi connectivity index (χ0) is 25.8. The second kappa shape index (κ2) is 13.9. The van der Waals surface area contributed by atoms with Crippen LogP contribution in [0.25, 0.3) is 6.08 Å². The van der Waals surface area contributed by atoms with E-state index >= 15 is 0 Å². The maximum Gasteiger partial charge on any atom is 0.255 e. The maximum absolute atomic E-state index is 12.3. The van der Waals surface area contributed by atoms with Crippen molar-refractivity contribution in [3.8, 4) is 11.5 Å². The molecule has 36 heavy (non-hydrogen) atoms. The van der Waals surface area contributed by atoms with E-state index < -0.39 is 5.91 Å². The summed E-state index contributed by atoms with van der Waals surface area (Å²) in [5, 5.41) is 5.74. The van der Waals surface area contributed by atoms with Gasteiger partial charge in [0.2, 0.25) is 11.8 Å². The van der Waals surface area contributed by atoms with E-state index in [1.807, 2.05) is 24.3 Å². The third-order valence-corrected chi connectivity index (χ3v) is 5.42. The number of carbonyl (C=O) groups is 3. The fraction of sp³-hybridized carbons (Fsp3) is 0.346. The molecule has 192 valence electrons. The molecule has 0 aromatic heterocycles. The molecule has 1 heterocycles. The molecule has 3 rings (SSSR count). The summed E-state index contributed by atoms with van der Waals surface area (Å²) in [4.78, 5) is 37.7. The maximum atomic E-state index is 12.3.